The van der Waals surface area contributed by atoms with Crippen LogP contribution in [0, 0.1) is 0 Å². The van der Waals surface area contributed by atoms with Crippen molar-refractivity contribution >= 4 is 0 Å². The van der Waals surface area contributed by atoms with Crippen molar-refractivity contribution in [2.75, 3.05) is 7.11 Å². The molecule has 6 nitrogen and oxygen atoms in total. The Morgan fingerprint density at radius 1 is 1.47 bits per heavy atom. The van der Waals surface area contributed by atoms with Crippen molar-refractivity contribution < 1.29 is 14.4 Å². The zero-order chi connectivity index (χ0) is 14.0. The summed E-state index contributed by atoms with van der Waals surface area (Å²) in [5, 5.41) is 13.4. The van der Waals surface area contributed by atoms with Crippen LogP contribution in [0.1, 0.15) is 26.2 Å². The molecule has 1 heterocycles. The van der Waals surface area contributed by atoms with Gasteiger partial charge in [0.1, 0.15) is 0 Å². The molecule has 0 saturated carbocycles. The van der Waals surface area contributed by atoms with Crippen molar-refractivity contribution in [3.63, 3.8) is 0 Å². The highest BCUT2D eigenvalue weighted by Crippen LogP contribution is 2.31. The molecule has 0 saturated heterocycles. The number of benzene rings is 1. The van der Waals surface area contributed by atoms with Gasteiger partial charge in [-0.15, -0.1) is 0 Å². The number of aromatic nitrogens is 2. The van der Waals surface area contributed by atoms with E-state index in [0.717, 1.165) is 0 Å². The van der Waals surface area contributed by atoms with Gasteiger partial charge in [0.2, 0.25) is 11.7 Å². The van der Waals surface area contributed by atoms with Gasteiger partial charge in [-0.25, -0.2) is 0 Å². The van der Waals surface area contributed by atoms with Gasteiger partial charge in [-0.2, -0.15) is 4.98 Å². The van der Waals surface area contributed by atoms with Gasteiger partial charge in [0.15, 0.2) is 11.5 Å². The van der Waals surface area contributed by atoms with E-state index in [1.54, 1.807) is 12.1 Å². The molecule has 6 heteroatoms. The Kier molecular flexibility index (Phi) is 3.44. The Bertz CT molecular complexity index is 578. The molecule has 0 spiro atoms. The number of nitrogens with zero attached hydrogens (tertiary/aromatic N) is 2. The first kappa shape index (κ1) is 13.4. The van der Waals surface area contributed by atoms with Crippen LogP contribution in [0.5, 0.6) is 11.5 Å². The summed E-state index contributed by atoms with van der Waals surface area (Å²) in [6.45, 7) is 3.79. The van der Waals surface area contributed by atoms with Gasteiger partial charge in [-0.05, 0) is 31.5 Å². The fourth-order valence-electron chi connectivity index (χ4n) is 1.54. The first-order chi connectivity index (χ1) is 8.97. The van der Waals surface area contributed by atoms with E-state index in [2.05, 4.69) is 10.1 Å². The number of phenolic OH excluding ortho intramolecular Hbond substituents is 1. The molecule has 0 fully saturated rings. The fourth-order valence-corrected chi connectivity index (χ4v) is 1.54. The predicted octanol–water partition coefficient (Wildman–Crippen LogP) is 2.03. The molecule has 0 bridgehead atoms. The average molecular weight is 263 g/mol. The third kappa shape index (κ3) is 2.53. The normalized spacial score (nSPS) is 14.1. The van der Waals surface area contributed by atoms with Gasteiger partial charge in [0, 0.05) is 5.56 Å². The highest BCUT2D eigenvalue weighted by atomic mass is 16.5. The zero-order valence-electron chi connectivity index (χ0n) is 11.2. The van der Waals surface area contributed by atoms with Crippen molar-refractivity contribution in [2.45, 2.75) is 25.8 Å². The largest absolute Gasteiger partial charge is 0.504 e. The summed E-state index contributed by atoms with van der Waals surface area (Å²) in [4.78, 5) is 4.29. The van der Waals surface area contributed by atoms with E-state index >= 15 is 0 Å². The van der Waals surface area contributed by atoms with Crippen LogP contribution >= 0.6 is 0 Å². The SMILES string of the molecule is CCC(C)(N)c1nc(-c2ccc(O)c(OC)c2)no1. The second kappa shape index (κ2) is 4.89. The van der Waals surface area contributed by atoms with Gasteiger partial charge in [0.05, 0.1) is 12.6 Å². The monoisotopic (exact) mass is 263 g/mol. The highest BCUT2D eigenvalue weighted by Gasteiger charge is 2.26. The summed E-state index contributed by atoms with van der Waals surface area (Å²) in [7, 11) is 1.48. The molecule has 0 aliphatic heterocycles. The quantitative estimate of drug-likeness (QED) is 0.876. The second-order valence-electron chi connectivity index (χ2n) is 4.58. The third-order valence-corrected chi connectivity index (χ3v) is 3.09. The molecule has 0 radical (unpaired) electrons. The number of hydrogen-bond donors (Lipinski definition) is 2. The summed E-state index contributed by atoms with van der Waals surface area (Å²) in [5.41, 5.74) is 6.09. The topological polar surface area (TPSA) is 94.4 Å². The highest BCUT2D eigenvalue weighted by molar-refractivity contribution is 5.60. The standard InChI is InChI=1S/C13H17N3O3/c1-4-13(2,14)12-15-11(16-19-12)8-5-6-9(17)10(7-8)18-3/h5-7,17H,4,14H2,1-3H3. The third-order valence-electron chi connectivity index (χ3n) is 3.09. The number of rotatable bonds is 4. The molecule has 1 atom stereocenters. The number of nitrogens with two attached hydrogens (primary N) is 1. The molecular formula is C13H17N3O3. The lowest BCUT2D eigenvalue weighted by Crippen LogP contribution is -2.32. The minimum Gasteiger partial charge on any atom is -0.504 e. The Labute approximate surface area is 111 Å². The smallest absolute Gasteiger partial charge is 0.246 e. The Hall–Kier alpha value is -2.08. The Morgan fingerprint density at radius 3 is 2.84 bits per heavy atom. The summed E-state index contributed by atoms with van der Waals surface area (Å²) < 4.78 is 10.2. The van der Waals surface area contributed by atoms with Gasteiger partial charge >= 0.3 is 0 Å². The number of ether oxygens (including phenoxy) is 1. The number of phenols is 1. The van der Waals surface area contributed by atoms with Crippen molar-refractivity contribution in [2.24, 2.45) is 5.73 Å². The molecule has 2 aromatic rings. The zero-order valence-corrected chi connectivity index (χ0v) is 11.2. The molecule has 19 heavy (non-hydrogen) atoms. The van der Waals surface area contributed by atoms with Gasteiger partial charge < -0.3 is 20.1 Å². The van der Waals surface area contributed by atoms with Crippen LogP contribution in [0.2, 0.25) is 0 Å². The number of aromatic hydroxyl groups is 1. The first-order valence-corrected chi connectivity index (χ1v) is 5.98. The minimum absolute atomic E-state index is 0.0622. The molecule has 0 aliphatic rings. The molecule has 3 N–H and O–H groups in total. The summed E-state index contributed by atoms with van der Waals surface area (Å²) in [6.07, 6.45) is 0.688. The lowest BCUT2D eigenvalue weighted by atomic mass is 10.0. The van der Waals surface area contributed by atoms with Crippen LogP contribution < -0.4 is 10.5 Å². The van der Waals surface area contributed by atoms with Gasteiger partial charge in [0.25, 0.3) is 0 Å². The lowest BCUT2D eigenvalue weighted by Gasteiger charge is -2.16. The molecule has 0 amide bonds. The molecule has 1 aromatic carbocycles. The summed E-state index contributed by atoms with van der Waals surface area (Å²) in [5.74, 6) is 1.22. The van der Waals surface area contributed by atoms with Crippen LogP contribution in [0.15, 0.2) is 22.7 Å². The number of hydrogen-bond acceptors (Lipinski definition) is 6. The van der Waals surface area contributed by atoms with E-state index in [9.17, 15) is 5.11 Å². The lowest BCUT2D eigenvalue weighted by molar-refractivity contribution is 0.291. The molecule has 2 rings (SSSR count). The number of methoxy groups -OCH3 is 1. The maximum atomic E-state index is 9.55. The van der Waals surface area contributed by atoms with Crippen LogP contribution in [-0.4, -0.2) is 22.4 Å². The van der Waals surface area contributed by atoms with Crippen molar-refractivity contribution in [1.82, 2.24) is 10.1 Å². The summed E-state index contributed by atoms with van der Waals surface area (Å²) >= 11 is 0. The van der Waals surface area contributed by atoms with E-state index in [4.69, 9.17) is 15.0 Å². The van der Waals surface area contributed by atoms with Gasteiger partial charge in [-0.1, -0.05) is 12.1 Å². The minimum atomic E-state index is -0.647. The van der Waals surface area contributed by atoms with E-state index in [1.807, 2.05) is 13.8 Å². The molecule has 1 aromatic heterocycles. The Balaban J connectivity index is 2.38. The van der Waals surface area contributed by atoms with E-state index in [1.165, 1.54) is 13.2 Å². The van der Waals surface area contributed by atoms with Crippen LogP contribution in [0.25, 0.3) is 11.4 Å². The van der Waals surface area contributed by atoms with E-state index < -0.39 is 5.54 Å². The molecule has 102 valence electrons. The van der Waals surface area contributed by atoms with E-state index in [0.29, 0.717) is 29.4 Å². The van der Waals surface area contributed by atoms with Gasteiger partial charge in [-0.3, -0.25) is 0 Å². The van der Waals surface area contributed by atoms with Crippen LogP contribution in [0.4, 0.5) is 0 Å². The predicted molar refractivity (Wildman–Crippen MR) is 69.8 cm³/mol. The second-order valence-corrected chi connectivity index (χ2v) is 4.58. The maximum absolute atomic E-state index is 9.55. The van der Waals surface area contributed by atoms with Crippen molar-refractivity contribution in [1.29, 1.82) is 0 Å². The summed E-state index contributed by atoms with van der Waals surface area (Å²) in [6, 6.07) is 4.85. The molecular weight excluding hydrogens is 246 g/mol. The van der Waals surface area contributed by atoms with Crippen LogP contribution in [0.3, 0.4) is 0 Å². The van der Waals surface area contributed by atoms with Crippen molar-refractivity contribution in [3.05, 3.63) is 24.1 Å². The maximum Gasteiger partial charge on any atom is 0.246 e. The molecule has 0 aliphatic carbocycles. The van der Waals surface area contributed by atoms with Crippen LogP contribution in [-0.2, 0) is 5.54 Å². The average Bonchev–Trinajstić information content (AvgIpc) is 2.89. The Morgan fingerprint density at radius 2 is 2.21 bits per heavy atom. The van der Waals surface area contributed by atoms with E-state index in [-0.39, 0.29) is 5.75 Å². The van der Waals surface area contributed by atoms with Crippen molar-refractivity contribution in [3.8, 4) is 22.9 Å². The first-order valence-electron chi connectivity index (χ1n) is 5.98. The molecule has 1 unspecified atom stereocenters. The fraction of sp³-hybridized carbons (Fsp3) is 0.385.